The van der Waals surface area contributed by atoms with Crippen LogP contribution in [0.3, 0.4) is 0 Å². The van der Waals surface area contributed by atoms with Gasteiger partial charge in [-0.15, -0.1) is 0 Å². The van der Waals surface area contributed by atoms with Gasteiger partial charge in [-0.05, 0) is 26.8 Å². The van der Waals surface area contributed by atoms with Crippen molar-refractivity contribution in [3.8, 4) is 11.6 Å². The van der Waals surface area contributed by atoms with Crippen molar-refractivity contribution >= 4 is 0 Å². The largest absolute Gasteiger partial charge is 0.376 e. The lowest BCUT2D eigenvalue weighted by molar-refractivity contribution is 0.0410. The van der Waals surface area contributed by atoms with Gasteiger partial charge in [-0.3, -0.25) is 4.68 Å². The Morgan fingerprint density at radius 3 is 2.84 bits per heavy atom. The van der Waals surface area contributed by atoms with Crippen LogP contribution in [0, 0.1) is 0 Å². The highest BCUT2D eigenvalue weighted by Crippen LogP contribution is 2.21. The number of aromatic nitrogens is 4. The molecule has 0 aromatic carbocycles. The highest BCUT2D eigenvalue weighted by atomic mass is 16.5. The summed E-state index contributed by atoms with van der Waals surface area (Å²) >= 11 is 0. The molecule has 1 unspecified atom stereocenters. The molecule has 0 radical (unpaired) electrons. The van der Waals surface area contributed by atoms with Crippen molar-refractivity contribution < 1.29 is 9.26 Å². The summed E-state index contributed by atoms with van der Waals surface area (Å²) in [5.74, 6) is 0.820. The third-order valence-corrected chi connectivity index (χ3v) is 2.69. The molecule has 104 valence electrons. The highest BCUT2D eigenvalue weighted by Gasteiger charge is 2.29. The van der Waals surface area contributed by atoms with E-state index < -0.39 is 5.54 Å². The number of aryl methyl sites for hydroxylation is 1. The molecule has 2 aromatic heterocycles. The van der Waals surface area contributed by atoms with E-state index in [1.54, 1.807) is 16.9 Å². The maximum absolute atomic E-state index is 6.16. The van der Waals surface area contributed by atoms with Crippen LogP contribution in [0.2, 0.25) is 0 Å². The molecule has 0 aliphatic rings. The zero-order chi connectivity index (χ0) is 14.0. The van der Waals surface area contributed by atoms with Gasteiger partial charge in [0.25, 0.3) is 5.89 Å². The molecule has 2 heterocycles. The van der Waals surface area contributed by atoms with Crippen LogP contribution in [-0.2, 0) is 17.3 Å². The van der Waals surface area contributed by atoms with Gasteiger partial charge in [0.1, 0.15) is 11.2 Å². The number of nitrogens with two attached hydrogens (primary N) is 1. The minimum Gasteiger partial charge on any atom is -0.376 e. The Morgan fingerprint density at radius 1 is 1.53 bits per heavy atom. The van der Waals surface area contributed by atoms with Crippen LogP contribution < -0.4 is 5.73 Å². The fourth-order valence-electron chi connectivity index (χ4n) is 1.55. The average Bonchev–Trinajstić information content (AvgIpc) is 2.94. The molecule has 0 saturated carbocycles. The third kappa shape index (κ3) is 2.99. The van der Waals surface area contributed by atoms with Crippen LogP contribution in [0.4, 0.5) is 0 Å². The van der Waals surface area contributed by atoms with E-state index in [1.165, 1.54) is 0 Å². The van der Waals surface area contributed by atoms with E-state index >= 15 is 0 Å². The van der Waals surface area contributed by atoms with Crippen LogP contribution in [0.15, 0.2) is 16.8 Å². The summed E-state index contributed by atoms with van der Waals surface area (Å²) in [6.45, 7) is 6.04. The Balaban J connectivity index is 2.19. The molecular formula is C12H19N5O2. The van der Waals surface area contributed by atoms with Crippen molar-refractivity contribution in [1.82, 2.24) is 19.9 Å². The zero-order valence-corrected chi connectivity index (χ0v) is 11.6. The van der Waals surface area contributed by atoms with Crippen molar-refractivity contribution in [2.24, 2.45) is 12.8 Å². The standard InChI is InChI=1S/C12H19N5O2/c1-8(2)18-7-12(3,13)11-15-10(19-16-11)9-5-6-14-17(9)4/h5-6,8H,7,13H2,1-4H3. The summed E-state index contributed by atoms with van der Waals surface area (Å²) in [5.41, 5.74) is 6.12. The molecule has 7 heteroatoms. The zero-order valence-electron chi connectivity index (χ0n) is 11.6. The van der Waals surface area contributed by atoms with Gasteiger partial charge in [-0.25, -0.2) is 0 Å². The Hall–Kier alpha value is -1.73. The number of hydrogen-bond donors (Lipinski definition) is 1. The molecule has 0 amide bonds. The lowest BCUT2D eigenvalue weighted by Crippen LogP contribution is -2.40. The van der Waals surface area contributed by atoms with E-state index in [9.17, 15) is 0 Å². The summed E-state index contributed by atoms with van der Waals surface area (Å²) in [5, 5.41) is 7.99. The molecule has 0 aliphatic carbocycles. The first kappa shape index (κ1) is 13.7. The molecule has 0 saturated heterocycles. The molecule has 2 aromatic rings. The highest BCUT2D eigenvalue weighted by molar-refractivity contribution is 5.46. The summed E-state index contributed by atoms with van der Waals surface area (Å²) in [6, 6.07) is 1.80. The van der Waals surface area contributed by atoms with E-state index in [1.807, 2.05) is 27.8 Å². The summed E-state index contributed by atoms with van der Waals surface area (Å²) in [6.07, 6.45) is 1.77. The van der Waals surface area contributed by atoms with Crippen molar-refractivity contribution in [2.75, 3.05) is 6.61 Å². The second-order valence-corrected chi connectivity index (χ2v) is 5.04. The van der Waals surface area contributed by atoms with Gasteiger partial charge in [0.2, 0.25) is 0 Å². The van der Waals surface area contributed by atoms with Crippen molar-refractivity contribution in [3.05, 3.63) is 18.1 Å². The van der Waals surface area contributed by atoms with Crippen LogP contribution >= 0.6 is 0 Å². The van der Waals surface area contributed by atoms with Gasteiger partial charge >= 0.3 is 0 Å². The van der Waals surface area contributed by atoms with Crippen LogP contribution in [-0.4, -0.2) is 32.6 Å². The number of ether oxygens (including phenoxy) is 1. The SMILES string of the molecule is CC(C)OCC(C)(N)c1noc(-c2ccnn2C)n1. The van der Waals surface area contributed by atoms with E-state index in [0.717, 1.165) is 5.69 Å². The number of nitrogens with zero attached hydrogens (tertiary/aromatic N) is 4. The minimum atomic E-state index is -0.787. The van der Waals surface area contributed by atoms with E-state index in [-0.39, 0.29) is 6.10 Å². The van der Waals surface area contributed by atoms with E-state index in [4.69, 9.17) is 15.0 Å². The lowest BCUT2D eigenvalue weighted by atomic mass is 10.1. The molecule has 7 nitrogen and oxygen atoms in total. The molecule has 2 rings (SSSR count). The quantitative estimate of drug-likeness (QED) is 0.869. The van der Waals surface area contributed by atoms with Gasteiger partial charge in [0.15, 0.2) is 5.82 Å². The van der Waals surface area contributed by atoms with Gasteiger partial charge in [0, 0.05) is 13.2 Å². The van der Waals surface area contributed by atoms with E-state index in [0.29, 0.717) is 18.3 Å². The van der Waals surface area contributed by atoms with Crippen LogP contribution in [0.1, 0.15) is 26.6 Å². The van der Waals surface area contributed by atoms with Crippen LogP contribution in [0.5, 0.6) is 0 Å². The van der Waals surface area contributed by atoms with Crippen LogP contribution in [0.25, 0.3) is 11.6 Å². The first-order valence-corrected chi connectivity index (χ1v) is 6.13. The summed E-state index contributed by atoms with van der Waals surface area (Å²) < 4.78 is 12.4. The minimum absolute atomic E-state index is 0.103. The average molecular weight is 265 g/mol. The van der Waals surface area contributed by atoms with Crippen molar-refractivity contribution in [1.29, 1.82) is 0 Å². The third-order valence-electron chi connectivity index (χ3n) is 2.69. The molecule has 0 aliphatic heterocycles. The Labute approximate surface area is 111 Å². The molecule has 2 N–H and O–H groups in total. The predicted molar refractivity (Wildman–Crippen MR) is 69.1 cm³/mol. The normalized spacial score (nSPS) is 14.8. The molecule has 0 fully saturated rings. The molecule has 1 atom stereocenters. The second-order valence-electron chi connectivity index (χ2n) is 5.04. The number of rotatable bonds is 5. The predicted octanol–water partition coefficient (Wildman–Crippen LogP) is 1.07. The first-order chi connectivity index (χ1) is 8.90. The van der Waals surface area contributed by atoms with E-state index in [2.05, 4.69) is 15.2 Å². The fourth-order valence-corrected chi connectivity index (χ4v) is 1.55. The van der Waals surface area contributed by atoms with Gasteiger partial charge < -0.3 is 15.0 Å². The van der Waals surface area contributed by atoms with Gasteiger partial charge in [0.05, 0.1) is 12.7 Å². The summed E-state index contributed by atoms with van der Waals surface area (Å²) in [4.78, 5) is 4.32. The molecule has 0 spiro atoms. The van der Waals surface area contributed by atoms with Crippen molar-refractivity contribution in [2.45, 2.75) is 32.4 Å². The lowest BCUT2D eigenvalue weighted by Gasteiger charge is -2.21. The molecular weight excluding hydrogens is 246 g/mol. The molecule has 0 bridgehead atoms. The van der Waals surface area contributed by atoms with Crippen molar-refractivity contribution in [3.63, 3.8) is 0 Å². The monoisotopic (exact) mass is 265 g/mol. The van der Waals surface area contributed by atoms with Gasteiger partial charge in [-0.2, -0.15) is 10.1 Å². The Kier molecular flexibility index (Phi) is 3.68. The Bertz CT molecular complexity index is 544. The fraction of sp³-hybridized carbons (Fsp3) is 0.583. The Morgan fingerprint density at radius 2 is 2.26 bits per heavy atom. The number of hydrogen-bond acceptors (Lipinski definition) is 6. The van der Waals surface area contributed by atoms with Gasteiger partial charge in [-0.1, -0.05) is 5.16 Å². The second kappa shape index (κ2) is 5.10. The topological polar surface area (TPSA) is 92.0 Å². The first-order valence-electron chi connectivity index (χ1n) is 6.13. The maximum Gasteiger partial charge on any atom is 0.276 e. The smallest absolute Gasteiger partial charge is 0.276 e. The summed E-state index contributed by atoms with van der Waals surface area (Å²) in [7, 11) is 1.81. The maximum atomic E-state index is 6.16. The molecule has 19 heavy (non-hydrogen) atoms.